The van der Waals surface area contributed by atoms with Crippen molar-refractivity contribution in [2.75, 3.05) is 6.61 Å². The van der Waals surface area contributed by atoms with Gasteiger partial charge in [0.05, 0.1) is 18.8 Å². The molecular formula is C50H93NO3. The van der Waals surface area contributed by atoms with Crippen LogP contribution in [0.1, 0.15) is 245 Å². The summed E-state index contributed by atoms with van der Waals surface area (Å²) in [5.41, 5.74) is 0. The van der Waals surface area contributed by atoms with Crippen molar-refractivity contribution in [3.8, 4) is 0 Å². The largest absolute Gasteiger partial charge is 0.394 e. The van der Waals surface area contributed by atoms with Crippen LogP contribution in [0.3, 0.4) is 0 Å². The molecule has 4 nitrogen and oxygen atoms in total. The van der Waals surface area contributed by atoms with E-state index in [0.717, 1.165) is 64.2 Å². The second kappa shape index (κ2) is 45.7. The lowest BCUT2D eigenvalue weighted by Crippen LogP contribution is -2.45. The van der Waals surface area contributed by atoms with Gasteiger partial charge < -0.3 is 15.5 Å². The van der Waals surface area contributed by atoms with Crippen LogP contribution in [-0.2, 0) is 4.79 Å². The van der Waals surface area contributed by atoms with Crippen LogP contribution in [-0.4, -0.2) is 34.9 Å². The van der Waals surface area contributed by atoms with Crippen molar-refractivity contribution in [1.29, 1.82) is 0 Å². The summed E-state index contributed by atoms with van der Waals surface area (Å²) in [7, 11) is 0. The summed E-state index contributed by atoms with van der Waals surface area (Å²) in [5, 5.41) is 23.2. The predicted molar refractivity (Wildman–Crippen MR) is 239 cm³/mol. The second-order valence-corrected chi connectivity index (χ2v) is 16.2. The monoisotopic (exact) mass is 756 g/mol. The van der Waals surface area contributed by atoms with Crippen LogP contribution >= 0.6 is 0 Å². The van der Waals surface area contributed by atoms with E-state index in [0.29, 0.717) is 12.8 Å². The van der Waals surface area contributed by atoms with Crippen molar-refractivity contribution in [1.82, 2.24) is 5.32 Å². The molecule has 0 fully saturated rings. The van der Waals surface area contributed by atoms with E-state index in [4.69, 9.17) is 0 Å². The van der Waals surface area contributed by atoms with Crippen molar-refractivity contribution < 1.29 is 15.0 Å². The molecule has 0 bridgehead atoms. The first kappa shape index (κ1) is 52.3. The highest BCUT2D eigenvalue weighted by atomic mass is 16.3. The standard InChI is InChI=1S/C50H93NO3/c1-3-5-7-9-11-13-15-17-19-21-23-24-25-26-28-29-31-33-35-37-39-41-43-45-49(53)48(47-52)51-50(54)46-44-42-40-38-36-34-32-30-27-22-20-18-16-14-12-10-8-6-4-2/h6,8,12,14,18,20,27,30,48-49,52-53H,3-5,7,9-11,13,15-17,19,21-26,28-29,31-47H2,1-2H3,(H,51,54)/b8-6-,14-12-,20-18-,30-27-. The summed E-state index contributed by atoms with van der Waals surface area (Å²) in [6.45, 7) is 4.25. The average molecular weight is 756 g/mol. The van der Waals surface area contributed by atoms with Crippen molar-refractivity contribution in [3.63, 3.8) is 0 Å². The van der Waals surface area contributed by atoms with E-state index in [1.165, 1.54) is 154 Å². The van der Waals surface area contributed by atoms with Gasteiger partial charge in [-0.2, -0.15) is 0 Å². The molecule has 0 aliphatic rings. The number of carbonyl (C=O) groups excluding carboxylic acids is 1. The minimum Gasteiger partial charge on any atom is -0.394 e. The zero-order chi connectivity index (χ0) is 39.3. The van der Waals surface area contributed by atoms with Crippen LogP contribution in [0.25, 0.3) is 0 Å². The number of rotatable bonds is 43. The molecule has 1 amide bonds. The Labute approximate surface area is 337 Å². The molecule has 316 valence electrons. The van der Waals surface area contributed by atoms with E-state index in [2.05, 4.69) is 67.8 Å². The first-order valence-electron chi connectivity index (χ1n) is 23.8. The zero-order valence-electron chi connectivity index (χ0n) is 36.2. The Morgan fingerprint density at radius 3 is 1.22 bits per heavy atom. The molecule has 0 aromatic heterocycles. The van der Waals surface area contributed by atoms with Crippen molar-refractivity contribution in [3.05, 3.63) is 48.6 Å². The third kappa shape index (κ3) is 41.5. The Hall–Kier alpha value is -1.65. The molecule has 2 unspecified atom stereocenters. The van der Waals surface area contributed by atoms with E-state index in [9.17, 15) is 15.0 Å². The number of nitrogens with one attached hydrogen (secondary N) is 1. The van der Waals surface area contributed by atoms with Crippen LogP contribution in [0.5, 0.6) is 0 Å². The summed E-state index contributed by atoms with van der Waals surface area (Å²) in [4.78, 5) is 12.4. The van der Waals surface area contributed by atoms with Crippen LogP contribution in [0, 0.1) is 0 Å². The summed E-state index contributed by atoms with van der Waals surface area (Å²) in [6, 6.07) is -0.546. The lowest BCUT2D eigenvalue weighted by Gasteiger charge is -2.22. The first-order valence-corrected chi connectivity index (χ1v) is 23.8. The van der Waals surface area contributed by atoms with Crippen molar-refractivity contribution in [2.45, 2.75) is 257 Å². The van der Waals surface area contributed by atoms with E-state index < -0.39 is 12.1 Å². The molecule has 0 radical (unpaired) electrons. The van der Waals surface area contributed by atoms with E-state index in [1.807, 2.05) is 0 Å². The molecule has 2 atom stereocenters. The molecule has 0 heterocycles. The maximum atomic E-state index is 12.4. The smallest absolute Gasteiger partial charge is 0.220 e. The molecule has 0 spiro atoms. The summed E-state index contributed by atoms with van der Waals surface area (Å²) < 4.78 is 0. The molecule has 0 saturated heterocycles. The van der Waals surface area contributed by atoms with Gasteiger partial charge in [0, 0.05) is 6.42 Å². The van der Waals surface area contributed by atoms with Crippen LogP contribution in [0.15, 0.2) is 48.6 Å². The lowest BCUT2D eigenvalue weighted by molar-refractivity contribution is -0.123. The van der Waals surface area contributed by atoms with Gasteiger partial charge in [0.1, 0.15) is 0 Å². The predicted octanol–water partition coefficient (Wildman–Crippen LogP) is 15.1. The van der Waals surface area contributed by atoms with Gasteiger partial charge in [-0.15, -0.1) is 0 Å². The van der Waals surface area contributed by atoms with E-state index in [1.54, 1.807) is 0 Å². The lowest BCUT2D eigenvalue weighted by atomic mass is 10.0. The minimum absolute atomic E-state index is 0.0446. The number of unbranched alkanes of at least 4 members (excludes halogenated alkanes) is 28. The number of hydrogen-bond acceptors (Lipinski definition) is 3. The third-order valence-electron chi connectivity index (χ3n) is 10.9. The van der Waals surface area contributed by atoms with Gasteiger partial charge in [-0.05, 0) is 51.4 Å². The molecule has 0 aliphatic heterocycles. The fraction of sp³-hybridized carbons (Fsp3) is 0.820. The molecule has 54 heavy (non-hydrogen) atoms. The molecule has 4 heteroatoms. The van der Waals surface area contributed by atoms with Crippen LogP contribution in [0.2, 0.25) is 0 Å². The SMILES string of the molecule is CC/C=C\C/C=C\C/C=C\C/C=C\CCCCCCCCC(=O)NC(CO)C(O)CCCCCCCCCCCCCCCCCCCCCCCCC. The zero-order valence-corrected chi connectivity index (χ0v) is 36.2. The van der Waals surface area contributed by atoms with Crippen molar-refractivity contribution in [2.24, 2.45) is 0 Å². The number of amides is 1. The topological polar surface area (TPSA) is 69.6 Å². The molecule has 0 aromatic rings. The highest BCUT2D eigenvalue weighted by molar-refractivity contribution is 5.76. The number of aliphatic hydroxyl groups excluding tert-OH is 2. The maximum absolute atomic E-state index is 12.4. The van der Waals surface area contributed by atoms with Gasteiger partial charge in [0.2, 0.25) is 5.91 Å². The van der Waals surface area contributed by atoms with Crippen LogP contribution < -0.4 is 5.32 Å². The van der Waals surface area contributed by atoms with Gasteiger partial charge in [-0.3, -0.25) is 4.79 Å². The van der Waals surface area contributed by atoms with Gasteiger partial charge >= 0.3 is 0 Å². The van der Waals surface area contributed by atoms with Crippen molar-refractivity contribution >= 4 is 5.91 Å². The van der Waals surface area contributed by atoms with Gasteiger partial charge in [-0.1, -0.05) is 236 Å². The molecule has 0 aliphatic carbocycles. The molecule has 0 saturated carbocycles. The quantitative estimate of drug-likeness (QED) is 0.0429. The number of aliphatic hydroxyl groups is 2. The Morgan fingerprint density at radius 1 is 0.463 bits per heavy atom. The van der Waals surface area contributed by atoms with Gasteiger partial charge in [0.15, 0.2) is 0 Å². The van der Waals surface area contributed by atoms with E-state index >= 15 is 0 Å². The minimum atomic E-state index is -0.668. The van der Waals surface area contributed by atoms with Crippen LogP contribution in [0.4, 0.5) is 0 Å². The molecular weight excluding hydrogens is 663 g/mol. The number of carbonyl (C=O) groups is 1. The summed E-state index contributed by atoms with van der Waals surface area (Å²) >= 11 is 0. The first-order chi connectivity index (χ1) is 26.7. The van der Waals surface area contributed by atoms with Gasteiger partial charge in [0.25, 0.3) is 0 Å². The average Bonchev–Trinajstić information content (AvgIpc) is 3.18. The Bertz CT molecular complexity index is 862. The van der Waals surface area contributed by atoms with Gasteiger partial charge in [-0.25, -0.2) is 0 Å². The highest BCUT2D eigenvalue weighted by Crippen LogP contribution is 2.16. The highest BCUT2D eigenvalue weighted by Gasteiger charge is 2.20. The molecule has 3 N–H and O–H groups in total. The Balaban J connectivity index is 3.52. The fourth-order valence-electron chi connectivity index (χ4n) is 7.24. The number of hydrogen-bond donors (Lipinski definition) is 3. The molecule has 0 aromatic carbocycles. The number of allylic oxidation sites excluding steroid dienone is 8. The Morgan fingerprint density at radius 2 is 0.815 bits per heavy atom. The summed E-state index contributed by atoms with van der Waals surface area (Å²) in [5.74, 6) is -0.0446. The second-order valence-electron chi connectivity index (χ2n) is 16.2. The third-order valence-corrected chi connectivity index (χ3v) is 10.9. The summed E-state index contributed by atoms with van der Waals surface area (Å²) in [6.07, 6.45) is 62.0. The Kier molecular flexibility index (Phi) is 44.3. The molecule has 0 rings (SSSR count). The normalized spacial score (nSPS) is 13.3. The maximum Gasteiger partial charge on any atom is 0.220 e. The fourth-order valence-corrected chi connectivity index (χ4v) is 7.24. The van der Waals surface area contributed by atoms with E-state index in [-0.39, 0.29) is 12.5 Å².